The number of carbonyl (C=O) groups is 1. The maximum absolute atomic E-state index is 14.1. The second-order valence-corrected chi connectivity index (χ2v) is 6.18. The first kappa shape index (κ1) is 23.7. The van der Waals surface area contributed by atoms with Gasteiger partial charge in [-0.15, -0.1) is 0 Å². The molecule has 0 spiro atoms. The Labute approximate surface area is 171 Å². The summed E-state index contributed by atoms with van der Waals surface area (Å²) in [5, 5.41) is 2.31. The number of allylic oxidation sites excluding steroid dienone is 2. The van der Waals surface area contributed by atoms with E-state index < -0.39 is 6.17 Å². The van der Waals surface area contributed by atoms with Gasteiger partial charge < -0.3 is 15.8 Å². The number of aliphatic imine (C=N–C) groups is 2. The van der Waals surface area contributed by atoms with Gasteiger partial charge in [-0.2, -0.15) is 0 Å². The van der Waals surface area contributed by atoms with Crippen LogP contribution in [-0.4, -0.2) is 43.3 Å². The third-order valence-electron chi connectivity index (χ3n) is 3.93. The summed E-state index contributed by atoms with van der Waals surface area (Å²) in [6.45, 7) is 8.79. The number of nitrogens with zero attached hydrogens (tertiary/aromatic N) is 3. The Morgan fingerprint density at radius 2 is 2.24 bits per heavy atom. The molecule has 29 heavy (non-hydrogen) atoms. The molecule has 0 aromatic carbocycles. The number of hydrogen-bond acceptors (Lipinski definition) is 5. The van der Waals surface area contributed by atoms with Crippen molar-refractivity contribution in [3.63, 3.8) is 0 Å². The summed E-state index contributed by atoms with van der Waals surface area (Å²) in [7, 11) is 0. The summed E-state index contributed by atoms with van der Waals surface area (Å²) in [5.41, 5.74) is 8.50. The van der Waals surface area contributed by atoms with Gasteiger partial charge in [-0.05, 0) is 31.6 Å². The van der Waals surface area contributed by atoms with Gasteiger partial charge >= 0.3 is 0 Å². The molecule has 0 aliphatic carbocycles. The van der Waals surface area contributed by atoms with Gasteiger partial charge in [-0.1, -0.05) is 19.6 Å². The highest BCUT2D eigenvalue weighted by Crippen LogP contribution is 2.29. The number of alkyl halides is 1. The van der Waals surface area contributed by atoms with Crippen LogP contribution < -0.4 is 11.1 Å². The van der Waals surface area contributed by atoms with Crippen LogP contribution in [0.15, 0.2) is 46.7 Å². The number of rotatable bonds is 12. The van der Waals surface area contributed by atoms with Crippen molar-refractivity contribution in [1.82, 2.24) is 10.3 Å². The zero-order chi connectivity index (χ0) is 21.6. The smallest absolute Gasteiger partial charge is 0.207 e. The van der Waals surface area contributed by atoms with E-state index in [4.69, 9.17) is 10.5 Å². The van der Waals surface area contributed by atoms with Crippen molar-refractivity contribution in [3.05, 3.63) is 47.9 Å². The molecule has 0 bridgehead atoms. The van der Waals surface area contributed by atoms with Crippen LogP contribution in [0.4, 0.5) is 10.1 Å². The van der Waals surface area contributed by atoms with E-state index >= 15 is 0 Å². The molecule has 1 heterocycles. The Morgan fingerprint density at radius 3 is 2.90 bits per heavy atom. The number of carbonyl (C=O) groups excluding carboxylic acids is 1. The summed E-state index contributed by atoms with van der Waals surface area (Å²) < 4.78 is 19.9. The van der Waals surface area contributed by atoms with E-state index in [1.54, 1.807) is 18.5 Å². The number of ether oxygens (including phenoxy) is 1. The standard InChI is InChI=1S/C21H28FN5O2/c1-5-7-20-19(8-18(23)11-27-20)21(29-12-17(22)10-26-14-28)16(4)15(3)9-25-13-24-6-2/h5-9,11,13-15,17H,2,10,12,23H2,1,3-4H3,(H,26,28)/b7-5-,21-16-,24-13?,25-9?. The van der Waals surface area contributed by atoms with E-state index in [2.05, 4.69) is 26.9 Å². The van der Waals surface area contributed by atoms with E-state index in [-0.39, 0.29) is 19.1 Å². The molecule has 156 valence electrons. The van der Waals surface area contributed by atoms with Crippen molar-refractivity contribution < 1.29 is 13.9 Å². The summed E-state index contributed by atoms with van der Waals surface area (Å²) in [4.78, 5) is 22.7. The molecule has 8 heteroatoms. The maximum atomic E-state index is 14.1. The van der Waals surface area contributed by atoms with Crippen molar-refractivity contribution >= 4 is 36.5 Å². The molecule has 1 amide bonds. The molecule has 2 unspecified atom stereocenters. The van der Waals surface area contributed by atoms with Gasteiger partial charge in [0.25, 0.3) is 0 Å². The second-order valence-electron chi connectivity index (χ2n) is 6.18. The largest absolute Gasteiger partial charge is 0.490 e. The zero-order valence-corrected chi connectivity index (χ0v) is 17.0. The van der Waals surface area contributed by atoms with E-state index in [0.29, 0.717) is 29.1 Å². The van der Waals surface area contributed by atoms with Gasteiger partial charge in [0, 0.05) is 23.9 Å². The van der Waals surface area contributed by atoms with Gasteiger partial charge in [0.15, 0.2) is 6.17 Å². The lowest BCUT2D eigenvalue weighted by atomic mass is 9.98. The zero-order valence-electron chi connectivity index (χ0n) is 17.0. The van der Waals surface area contributed by atoms with Crippen LogP contribution in [0.25, 0.3) is 11.8 Å². The molecule has 0 aliphatic heterocycles. The predicted molar refractivity (Wildman–Crippen MR) is 117 cm³/mol. The number of aromatic nitrogens is 1. The normalized spacial score (nSPS) is 14.8. The molecule has 0 aliphatic rings. The van der Waals surface area contributed by atoms with Gasteiger partial charge in [-0.25, -0.2) is 14.4 Å². The van der Waals surface area contributed by atoms with Gasteiger partial charge in [0.1, 0.15) is 18.7 Å². The highest BCUT2D eigenvalue weighted by atomic mass is 19.1. The number of amides is 1. The molecule has 2 atom stereocenters. The van der Waals surface area contributed by atoms with Gasteiger partial charge in [-0.3, -0.25) is 9.78 Å². The highest BCUT2D eigenvalue weighted by Gasteiger charge is 2.18. The summed E-state index contributed by atoms with van der Waals surface area (Å²) in [6, 6.07) is 1.74. The Morgan fingerprint density at radius 1 is 1.48 bits per heavy atom. The quantitative estimate of drug-likeness (QED) is 0.242. The fourth-order valence-electron chi connectivity index (χ4n) is 2.35. The van der Waals surface area contributed by atoms with E-state index in [9.17, 15) is 9.18 Å². The van der Waals surface area contributed by atoms with Gasteiger partial charge in [0.2, 0.25) is 6.41 Å². The molecule has 0 fully saturated rings. The molecule has 0 saturated carbocycles. The second kappa shape index (κ2) is 13.0. The predicted octanol–water partition coefficient (Wildman–Crippen LogP) is 3.41. The number of halogens is 1. The topological polar surface area (TPSA) is 102 Å². The lowest BCUT2D eigenvalue weighted by Crippen LogP contribution is -2.26. The minimum Gasteiger partial charge on any atom is -0.490 e. The average Bonchev–Trinajstić information content (AvgIpc) is 2.71. The molecule has 0 radical (unpaired) electrons. The van der Waals surface area contributed by atoms with Crippen molar-refractivity contribution in [2.24, 2.45) is 15.9 Å². The van der Waals surface area contributed by atoms with Crippen molar-refractivity contribution in [1.29, 1.82) is 0 Å². The molecular formula is C21H28FN5O2. The minimum atomic E-state index is -1.37. The van der Waals surface area contributed by atoms with E-state index in [1.165, 1.54) is 12.5 Å². The Hall–Kier alpha value is -3.29. The molecule has 1 rings (SSSR count). The first-order valence-corrected chi connectivity index (χ1v) is 9.13. The van der Waals surface area contributed by atoms with Crippen LogP contribution in [0.3, 0.4) is 0 Å². The van der Waals surface area contributed by atoms with Crippen molar-refractivity contribution in [2.75, 3.05) is 18.9 Å². The fourth-order valence-corrected chi connectivity index (χ4v) is 2.35. The van der Waals surface area contributed by atoms with Crippen molar-refractivity contribution in [2.45, 2.75) is 26.9 Å². The van der Waals surface area contributed by atoms with Crippen LogP contribution in [-0.2, 0) is 9.53 Å². The summed E-state index contributed by atoms with van der Waals surface area (Å²) in [5.74, 6) is 0.332. The maximum Gasteiger partial charge on any atom is 0.207 e. The third kappa shape index (κ3) is 8.08. The first-order valence-electron chi connectivity index (χ1n) is 9.13. The van der Waals surface area contributed by atoms with Crippen LogP contribution in [0.2, 0.25) is 0 Å². The Kier molecular flexibility index (Phi) is 10.6. The SMILES string of the molecule is C=CN=CN=CC(C)/C(C)=C(\OCC(F)CNC=O)c1cc(N)cnc1/C=C\C. The molecule has 0 saturated heterocycles. The number of pyridine rings is 1. The molecule has 3 N–H and O–H groups in total. The fraction of sp³-hybridized carbons (Fsp3) is 0.333. The Balaban J connectivity index is 3.32. The molecule has 1 aromatic heterocycles. The van der Waals surface area contributed by atoms with Crippen LogP contribution in [0.5, 0.6) is 0 Å². The number of hydrogen-bond donors (Lipinski definition) is 2. The monoisotopic (exact) mass is 401 g/mol. The summed E-state index contributed by atoms with van der Waals surface area (Å²) in [6.07, 6.45) is 8.76. The van der Waals surface area contributed by atoms with Gasteiger partial charge in [0.05, 0.1) is 24.1 Å². The summed E-state index contributed by atoms with van der Waals surface area (Å²) >= 11 is 0. The minimum absolute atomic E-state index is 0.132. The number of nitrogen functional groups attached to an aromatic ring is 1. The van der Waals surface area contributed by atoms with E-state index in [1.807, 2.05) is 32.9 Å². The molecule has 1 aromatic rings. The lowest BCUT2D eigenvalue weighted by molar-refractivity contribution is -0.109. The van der Waals surface area contributed by atoms with Crippen LogP contribution in [0.1, 0.15) is 32.0 Å². The lowest BCUT2D eigenvalue weighted by Gasteiger charge is -2.20. The first-order chi connectivity index (χ1) is 13.9. The molecular weight excluding hydrogens is 373 g/mol. The number of nitrogens with two attached hydrogens (primary N) is 1. The molecule has 7 nitrogen and oxygen atoms in total. The van der Waals surface area contributed by atoms with Crippen LogP contribution >= 0.6 is 0 Å². The van der Waals surface area contributed by atoms with Crippen molar-refractivity contribution in [3.8, 4) is 0 Å². The Bertz CT molecular complexity index is 802. The van der Waals surface area contributed by atoms with E-state index in [0.717, 1.165) is 5.57 Å². The third-order valence-corrected chi connectivity index (χ3v) is 3.93. The highest BCUT2D eigenvalue weighted by molar-refractivity contribution is 5.80. The van der Waals surface area contributed by atoms with Crippen LogP contribution in [0, 0.1) is 5.92 Å². The average molecular weight is 401 g/mol. The number of nitrogens with one attached hydrogen (secondary N) is 1. The number of anilines is 1.